The average Bonchev–Trinajstić information content (AvgIpc) is 2.98. The molecule has 0 saturated carbocycles. The molecule has 0 spiro atoms. The van der Waals surface area contributed by atoms with Gasteiger partial charge in [0.15, 0.2) is 0 Å². The predicted octanol–water partition coefficient (Wildman–Crippen LogP) is 1.79. The summed E-state index contributed by atoms with van der Waals surface area (Å²) in [5.74, 6) is 0. The Morgan fingerprint density at radius 3 is 2.32 bits per heavy atom. The zero-order valence-electron chi connectivity index (χ0n) is 12.3. The summed E-state index contributed by atoms with van der Waals surface area (Å²) in [5, 5.41) is 4.38. The van der Waals surface area contributed by atoms with Crippen LogP contribution in [0.4, 0.5) is 8.78 Å². The molecule has 2 aromatic heterocycles. The van der Waals surface area contributed by atoms with Crippen molar-refractivity contribution >= 4 is 0 Å². The molecule has 0 unspecified atom stereocenters. The molecule has 22 heavy (non-hydrogen) atoms. The molecule has 0 aliphatic carbocycles. The van der Waals surface area contributed by atoms with Gasteiger partial charge >= 0.3 is 0 Å². The van der Waals surface area contributed by atoms with Gasteiger partial charge in [-0.15, -0.1) is 0 Å². The molecule has 0 N–H and O–H groups in total. The fourth-order valence-corrected chi connectivity index (χ4v) is 2.71. The Morgan fingerprint density at radius 2 is 1.64 bits per heavy atom. The summed E-state index contributed by atoms with van der Waals surface area (Å²) >= 11 is 0. The quantitative estimate of drug-likeness (QED) is 0.844. The first-order chi connectivity index (χ1) is 10.7. The minimum atomic E-state index is -2.25. The molecule has 5 nitrogen and oxygen atoms in total. The maximum atomic E-state index is 12.4. The Bertz CT molecular complexity index is 579. The maximum Gasteiger partial charge on any atom is 0.251 e. The van der Waals surface area contributed by atoms with Gasteiger partial charge in [0, 0.05) is 50.3 Å². The number of alkyl halides is 2. The molecule has 1 aliphatic rings. The van der Waals surface area contributed by atoms with Gasteiger partial charge in [0.25, 0.3) is 6.43 Å². The predicted molar refractivity (Wildman–Crippen MR) is 79.5 cm³/mol. The molecule has 118 valence electrons. The molecule has 1 fully saturated rings. The summed E-state index contributed by atoms with van der Waals surface area (Å²) < 4.78 is 26.7. The van der Waals surface area contributed by atoms with Crippen LogP contribution in [-0.2, 0) is 6.67 Å². The lowest BCUT2D eigenvalue weighted by molar-refractivity contribution is 0.0465. The number of halogens is 2. The molecule has 3 heterocycles. The van der Waals surface area contributed by atoms with Gasteiger partial charge in [-0.3, -0.25) is 19.5 Å². The fourth-order valence-electron chi connectivity index (χ4n) is 2.71. The number of hydrogen-bond acceptors (Lipinski definition) is 4. The average molecular weight is 307 g/mol. The SMILES string of the molecule is FC(F)CN1CCN(Cn2nccc2-c2ccncc2)CC1. The van der Waals surface area contributed by atoms with E-state index in [9.17, 15) is 8.78 Å². The van der Waals surface area contributed by atoms with Crippen molar-refractivity contribution in [3.05, 3.63) is 36.8 Å². The highest BCUT2D eigenvalue weighted by atomic mass is 19.3. The summed E-state index contributed by atoms with van der Waals surface area (Å²) in [7, 11) is 0. The van der Waals surface area contributed by atoms with Crippen molar-refractivity contribution in [1.29, 1.82) is 0 Å². The maximum absolute atomic E-state index is 12.4. The molecule has 0 aromatic carbocycles. The summed E-state index contributed by atoms with van der Waals surface area (Å²) in [5.41, 5.74) is 2.11. The van der Waals surface area contributed by atoms with Crippen LogP contribution in [0, 0.1) is 0 Å². The first-order valence-electron chi connectivity index (χ1n) is 7.37. The van der Waals surface area contributed by atoms with E-state index in [0.717, 1.165) is 24.3 Å². The van der Waals surface area contributed by atoms with E-state index in [1.165, 1.54) is 0 Å². The largest absolute Gasteiger partial charge is 0.295 e. The van der Waals surface area contributed by atoms with Gasteiger partial charge in [-0.25, -0.2) is 8.78 Å². The van der Waals surface area contributed by atoms with Crippen LogP contribution in [0.15, 0.2) is 36.8 Å². The highest BCUT2D eigenvalue weighted by Crippen LogP contribution is 2.18. The number of piperazine rings is 1. The van der Waals surface area contributed by atoms with Gasteiger partial charge in [-0.05, 0) is 18.2 Å². The normalized spacial score (nSPS) is 17.2. The second-order valence-electron chi connectivity index (χ2n) is 5.40. The van der Waals surface area contributed by atoms with Gasteiger partial charge in [0.05, 0.1) is 18.9 Å². The molecular formula is C15H19F2N5. The topological polar surface area (TPSA) is 37.2 Å². The van der Waals surface area contributed by atoms with Crippen LogP contribution >= 0.6 is 0 Å². The highest BCUT2D eigenvalue weighted by molar-refractivity contribution is 5.58. The van der Waals surface area contributed by atoms with E-state index in [1.807, 2.05) is 27.8 Å². The summed E-state index contributed by atoms with van der Waals surface area (Å²) in [6.45, 7) is 3.46. The molecule has 2 aromatic rings. The Labute approximate surface area is 128 Å². The Balaban J connectivity index is 1.60. The molecule has 7 heteroatoms. The fraction of sp³-hybridized carbons (Fsp3) is 0.467. The van der Waals surface area contributed by atoms with Crippen molar-refractivity contribution in [2.24, 2.45) is 0 Å². The van der Waals surface area contributed by atoms with Crippen molar-refractivity contribution in [2.75, 3.05) is 32.7 Å². The standard InChI is InChI=1S/C15H19F2N5/c16-15(17)11-20-7-9-21(10-8-20)12-22-14(3-6-19-22)13-1-4-18-5-2-13/h1-6,15H,7-12H2. The Morgan fingerprint density at radius 1 is 0.955 bits per heavy atom. The second kappa shape index (κ2) is 6.93. The molecule has 0 bridgehead atoms. The third kappa shape index (κ3) is 3.66. The molecule has 1 aliphatic heterocycles. The third-order valence-electron chi connectivity index (χ3n) is 3.89. The zero-order chi connectivity index (χ0) is 15.4. The lowest BCUT2D eigenvalue weighted by Crippen LogP contribution is -2.48. The number of hydrogen-bond donors (Lipinski definition) is 0. The minimum Gasteiger partial charge on any atom is -0.295 e. The van der Waals surface area contributed by atoms with Crippen LogP contribution in [-0.4, -0.2) is 63.7 Å². The van der Waals surface area contributed by atoms with E-state index < -0.39 is 6.43 Å². The van der Waals surface area contributed by atoms with Crippen LogP contribution in [0.25, 0.3) is 11.3 Å². The lowest BCUT2D eigenvalue weighted by atomic mass is 10.2. The molecule has 1 saturated heterocycles. The number of aromatic nitrogens is 3. The molecule has 0 atom stereocenters. The number of rotatable bonds is 5. The van der Waals surface area contributed by atoms with Crippen LogP contribution < -0.4 is 0 Å². The van der Waals surface area contributed by atoms with Gasteiger partial charge in [0.2, 0.25) is 0 Å². The van der Waals surface area contributed by atoms with E-state index >= 15 is 0 Å². The van der Waals surface area contributed by atoms with Crippen molar-refractivity contribution in [3.8, 4) is 11.3 Å². The zero-order valence-corrected chi connectivity index (χ0v) is 12.3. The second-order valence-corrected chi connectivity index (χ2v) is 5.40. The Hall–Kier alpha value is -1.86. The summed E-state index contributed by atoms with van der Waals surface area (Å²) in [6, 6.07) is 5.88. The lowest BCUT2D eigenvalue weighted by Gasteiger charge is -2.34. The van der Waals surface area contributed by atoms with Gasteiger partial charge < -0.3 is 0 Å². The highest BCUT2D eigenvalue weighted by Gasteiger charge is 2.20. The van der Waals surface area contributed by atoms with E-state index in [0.29, 0.717) is 19.8 Å². The number of nitrogens with zero attached hydrogens (tertiary/aromatic N) is 5. The smallest absolute Gasteiger partial charge is 0.251 e. The summed E-state index contributed by atoms with van der Waals surface area (Å²) in [4.78, 5) is 8.07. The van der Waals surface area contributed by atoms with E-state index in [2.05, 4.69) is 15.0 Å². The van der Waals surface area contributed by atoms with Crippen LogP contribution in [0.3, 0.4) is 0 Å². The van der Waals surface area contributed by atoms with E-state index in [1.54, 1.807) is 18.6 Å². The van der Waals surface area contributed by atoms with E-state index in [-0.39, 0.29) is 6.54 Å². The van der Waals surface area contributed by atoms with Crippen molar-refractivity contribution in [2.45, 2.75) is 13.1 Å². The monoisotopic (exact) mass is 307 g/mol. The van der Waals surface area contributed by atoms with Crippen LogP contribution in [0.1, 0.15) is 0 Å². The van der Waals surface area contributed by atoms with Crippen molar-refractivity contribution in [1.82, 2.24) is 24.6 Å². The van der Waals surface area contributed by atoms with Crippen molar-refractivity contribution < 1.29 is 8.78 Å². The van der Waals surface area contributed by atoms with Crippen LogP contribution in [0.2, 0.25) is 0 Å². The van der Waals surface area contributed by atoms with Crippen molar-refractivity contribution in [3.63, 3.8) is 0 Å². The summed E-state index contributed by atoms with van der Waals surface area (Å²) in [6.07, 6.45) is 3.05. The minimum absolute atomic E-state index is 0.127. The molecule has 0 amide bonds. The Kier molecular flexibility index (Phi) is 4.74. The first kappa shape index (κ1) is 15.1. The third-order valence-corrected chi connectivity index (χ3v) is 3.89. The first-order valence-corrected chi connectivity index (χ1v) is 7.37. The van der Waals surface area contributed by atoms with E-state index in [4.69, 9.17) is 0 Å². The number of pyridine rings is 1. The molecule has 0 radical (unpaired) electrons. The van der Waals surface area contributed by atoms with Crippen LogP contribution in [0.5, 0.6) is 0 Å². The van der Waals surface area contributed by atoms with Gasteiger partial charge in [-0.2, -0.15) is 5.10 Å². The molecular weight excluding hydrogens is 288 g/mol. The molecule has 3 rings (SSSR count). The van der Waals surface area contributed by atoms with Gasteiger partial charge in [0.1, 0.15) is 0 Å². The van der Waals surface area contributed by atoms with Gasteiger partial charge in [-0.1, -0.05) is 0 Å².